The number of sulfonamides is 1. The number of hydrogen-bond acceptors (Lipinski definition) is 4. The maximum absolute atomic E-state index is 15.2. The number of aryl methyl sites for hydroxylation is 1. The first kappa shape index (κ1) is 31.7. The van der Waals surface area contributed by atoms with Gasteiger partial charge in [-0.25, -0.2) is 12.8 Å². The number of rotatable bonds is 12. The SMILES string of the molecule is CCNC(=O)[C@@H](Cc1ccccc1)N(Cc1ccccc1Cl)C(=O)CN(c1ccccc1F)S(=O)(=O)c1ccc(C)cc1. The number of carbonyl (C=O) groups excluding carboxylic acids is 2. The summed E-state index contributed by atoms with van der Waals surface area (Å²) in [5.74, 6) is -1.93. The summed E-state index contributed by atoms with van der Waals surface area (Å²) in [6, 6.07) is 26.5. The Kier molecular flexibility index (Phi) is 10.6. The average molecular weight is 622 g/mol. The second-order valence-corrected chi connectivity index (χ2v) is 12.3. The van der Waals surface area contributed by atoms with Gasteiger partial charge in [0.1, 0.15) is 18.4 Å². The zero-order valence-electron chi connectivity index (χ0n) is 23.9. The molecule has 0 aliphatic heterocycles. The van der Waals surface area contributed by atoms with Gasteiger partial charge in [0.15, 0.2) is 0 Å². The second-order valence-electron chi connectivity index (χ2n) is 9.99. The van der Waals surface area contributed by atoms with Crippen molar-refractivity contribution < 1.29 is 22.4 Å². The molecule has 4 rings (SSSR count). The molecular weight excluding hydrogens is 589 g/mol. The number of para-hydroxylation sites is 1. The lowest BCUT2D eigenvalue weighted by molar-refractivity contribution is -0.140. The van der Waals surface area contributed by atoms with Gasteiger partial charge < -0.3 is 10.2 Å². The maximum Gasteiger partial charge on any atom is 0.264 e. The fraction of sp³-hybridized carbons (Fsp3) is 0.212. The van der Waals surface area contributed by atoms with Crippen LogP contribution in [0.3, 0.4) is 0 Å². The Bertz CT molecular complexity index is 1670. The van der Waals surface area contributed by atoms with Gasteiger partial charge in [-0.05, 0) is 55.3 Å². The van der Waals surface area contributed by atoms with E-state index in [9.17, 15) is 18.0 Å². The van der Waals surface area contributed by atoms with Crippen molar-refractivity contribution in [1.82, 2.24) is 10.2 Å². The van der Waals surface area contributed by atoms with E-state index in [2.05, 4.69) is 5.32 Å². The van der Waals surface area contributed by atoms with Crippen molar-refractivity contribution in [2.24, 2.45) is 0 Å². The van der Waals surface area contributed by atoms with E-state index in [0.29, 0.717) is 17.1 Å². The molecule has 0 heterocycles. The topological polar surface area (TPSA) is 86.8 Å². The molecule has 4 aromatic carbocycles. The zero-order chi connectivity index (χ0) is 31.0. The van der Waals surface area contributed by atoms with Gasteiger partial charge in [0.2, 0.25) is 11.8 Å². The minimum absolute atomic E-state index is 0.0805. The van der Waals surface area contributed by atoms with Crippen LogP contribution in [0.1, 0.15) is 23.6 Å². The van der Waals surface area contributed by atoms with Crippen LogP contribution in [0, 0.1) is 12.7 Å². The van der Waals surface area contributed by atoms with Crippen LogP contribution in [0.2, 0.25) is 5.02 Å². The van der Waals surface area contributed by atoms with E-state index in [-0.39, 0.29) is 23.5 Å². The summed E-state index contributed by atoms with van der Waals surface area (Å²) in [6.45, 7) is 3.07. The van der Waals surface area contributed by atoms with Crippen molar-refractivity contribution in [2.75, 3.05) is 17.4 Å². The molecule has 0 aliphatic carbocycles. The summed E-state index contributed by atoms with van der Waals surface area (Å²) in [7, 11) is -4.40. The standard InChI is InChI=1S/C33H33ClFN3O4S/c1-3-36-33(40)31(21-25-11-5-4-6-12-25)37(22-26-13-7-8-14-28(26)34)32(39)23-38(30-16-10-9-15-29(30)35)43(41,42)27-19-17-24(2)18-20-27/h4-20,31H,3,21-23H2,1-2H3,(H,36,40)/t31-/m1/s1. The van der Waals surface area contributed by atoms with Gasteiger partial charge in [0.25, 0.3) is 10.0 Å². The highest BCUT2D eigenvalue weighted by Crippen LogP contribution is 2.28. The number of halogens is 2. The number of hydrogen-bond donors (Lipinski definition) is 1. The number of amides is 2. The summed E-state index contributed by atoms with van der Waals surface area (Å²) >= 11 is 6.47. The number of carbonyl (C=O) groups is 2. The van der Waals surface area contributed by atoms with Crippen LogP contribution >= 0.6 is 11.6 Å². The molecule has 43 heavy (non-hydrogen) atoms. The van der Waals surface area contributed by atoms with E-state index in [4.69, 9.17) is 11.6 Å². The molecule has 0 fully saturated rings. The molecular formula is C33H33ClFN3O4S. The van der Waals surface area contributed by atoms with Gasteiger partial charge in [0, 0.05) is 24.5 Å². The molecule has 0 aromatic heterocycles. The molecule has 1 N–H and O–H groups in total. The molecule has 0 bridgehead atoms. The molecule has 0 saturated carbocycles. The molecule has 1 atom stereocenters. The first-order valence-electron chi connectivity index (χ1n) is 13.8. The first-order valence-corrected chi connectivity index (χ1v) is 15.6. The fourth-order valence-corrected chi connectivity index (χ4v) is 6.28. The number of benzene rings is 4. The van der Waals surface area contributed by atoms with Crippen LogP contribution in [-0.2, 0) is 32.6 Å². The Hall–Kier alpha value is -4.21. The molecule has 224 valence electrons. The van der Waals surface area contributed by atoms with Gasteiger partial charge in [-0.3, -0.25) is 13.9 Å². The molecule has 0 saturated heterocycles. The number of likely N-dealkylation sites (N-methyl/N-ethyl adjacent to an activating group) is 1. The number of nitrogens with one attached hydrogen (secondary N) is 1. The quantitative estimate of drug-likeness (QED) is 0.218. The highest BCUT2D eigenvalue weighted by molar-refractivity contribution is 7.92. The summed E-state index contributed by atoms with van der Waals surface area (Å²) in [4.78, 5) is 29.0. The van der Waals surface area contributed by atoms with Crippen molar-refractivity contribution in [2.45, 2.75) is 37.8 Å². The minimum atomic E-state index is -4.40. The highest BCUT2D eigenvalue weighted by Gasteiger charge is 2.35. The summed E-state index contributed by atoms with van der Waals surface area (Å²) in [5.41, 5.74) is 1.92. The van der Waals surface area contributed by atoms with Gasteiger partial charge in [-0.2, -0.15) is 0 Å². The van der Waals surface area contributed by atoms with E-state index in [1.54, 1.807) is 43.3 Å². The number of nitrogens with zero attached hydrogens (tertiary/aromatic N) is 2. The van der Waals surface area contributed by atoms with Crippen molar-refractivity contribution in [3.63, 3.8) is 0 Å². The molecule has 7 nitrogen and oxygen atoms in total. The van der Waals surface area contributed by atoms with E-state index in [0.717, 1.165) is 21.5 Å². The van der Waals surface area contributed by atoms with Crippen molar-refractivity contribution in [3.05, 3.63) is 131 Å². The fourth-order valence-electron chi connectivity index (χ4n) is 4.66. The number of anilines is 1. The summed E-state index contributed by atoms with van der Waals surface area (Å²) in [6.07, 6.45) is 0.160. The second kappa shape index (κ2) is 14.3. The molecule has 0 radical (unpaired) electrons. The maximum atomic E-state index is 15.2. The normalized spacial score (nSPS) is 11.9. The third kappa shape index (κ3) is 7.80. The van der Waals surface area contributed by atoms with Crippen LogP contribution < -0.4 is 9.62 Å². The van der Waals surface area contributed by atoms with Crippen LogP contribution in [0.25, 0.3) is 0 Å². The van der Waals surface area contributed by atoms with Crippen molar-refractivity contribution >= 4 is 39.1 Å². The van der Waals surface area contributed by atoms with E-state index >= 15 is 4.39 Å². The largest absolute Gasteiger partial charge is 0.355 e. The minimum Gasteiger partial charge on any atom is -0.355 e. The van der Waals surface area contributed by atoms with Crippen LogP contribution in [0.5, 0.6) is 0 Å². The van der Waals surface area contributed by atoms with E-state index < -0.39 is 40.2 Å². The lowest BCUT2D eigenvalue weighted by atomic mass is 10.0. The predicted molar refractivity (Wildman–Crippen MR) is 167 cm³/mol. The van der Waals surface area contributed by atoms with Crippen molar-refractivity contribution in [1.29, 1.82) is 0 Å². The molecule has 0 aliphatic rings. The van der Waals surface area contributed by atoms with Gasteiger partial charge in [-0.1, -0.05) is 90.0 Å². The lowest BCUT2D eigenvalue weighted by Gasteiger charge is -2.34. The predicted octanol–water partition coefficient (Wildman–Crippen LogP) is 5.76. The Labute approximate surface area is 257 Å². The Morgan fingerprint density at radius 1 is 0.884 bits per heavy atom. The van der Waals surface area contributed by atoms with Crippen molar-refractivity contribution in [3.8, 4) is 0 Å². The Morgan fingerprint density at radius 2 is 1.51 bits per heavy atom. The van der Waals surface area contributed by atoms with Crippen LogP contribution in [-0.4, -0.2) is 44.3 Å². The first-order chi connectivity index (χ1) is 20.6. The Balaban J connectivity index is 1.81. The lowest BCUT2D eigenvalue weighted by Crippen LogP contribution is -2.53. The smallest absolute Gasteiger partial charge is 0.264 e. The molecule has 0 unspecified atom stereocenters. The van der Waals surface area contributed by atoms with Crippen LogP contribution in [0.4, 0.5) is 10.1 Å². The molecule has 4 aromatic rings. The third-order valence-corrected chi connectivity index (χ3v) is 9.07. The van der Waals surface area contributed by atoms with Gasteiger partial charge in [0.05, 0.1) is 10.6 Å². The highest BCUT2D eigenvalue weighted by atomic mass is 35.5. The van der Waals surface area contributed by atoms with E-state index in [1.807, 2.05) is 37.3 Å². The average Bonchev–Trinajstić information content (AvgIpc) is 2.99. The molecule has 10 heteroatoms. The third-order valence-electron chi connectivity index (χ3n) is 6.93. The van der Waals surface area contributed by atoms with Crippen LogP contribution in [0.15, 0.2) is 108 Å². The zero-order valence-corrected chi connectivity index (χ0v) is 25.5. The van der Waals surface area contributed by atoms with E-state index in [1.165, 1.54) is 35.2 Å². The van der Waals surface area contributed by atoms with Gasteiger partial charge in [-0.15, -0.1) is 0 Å². The monoisotopic (exact) mass is 621 g/mol. The molecule has 2 amide bonds. The molecule has 0 spiro atoms. The van der Waals surface area contributed by atoms with Gasteiger partial charge >= 0.3 is 0 Å². The summed E-state index contributed by atoms with van der Waals surface area (Å²) < 4.78 is 43.8. The Morgan fingerprint density at radius 3 is 2.16 bits per heavy atom. The summed E-state index contributed by atoms with van der Waals surface area (Å²) in [5, 5.41) is 3.18.